The number of amides is 1. The van der Waals surface area contributed by atoms with Crippen LogP contribution in [0.4, 0.5) is 0 Å². The van der Waals surface area contributed by atoms with Crippen molar-refractivity contribution >= 4 is 31.9 Å². The van der Waals surface area contributed by atoms with Crippen LogP contribution in [0.15, 0.2) is 57.9 Å². The molecule has 0 aliphatic carbocycles. The maximum absolute atomic E-state index is 12.1. The highest BCUT2D eigenvalue weighted by atomic mass is 79.9. The van der Waals surface area contributed by atoms with Crippen LogP contribution in [-0.4, -0.2) is 41.2 Å². The Bertz CT molecular complexity index is 887. The molecular weight excluding hydrogens is 448 g/mol. The first-order valence-corrected chi connectivity index (χ1v) is 10.9. The van der Waals surface area contributed by atoms with E-state index in [0.29, 0.717) is 5.75 Å². The van der Waals surface area contributed by atoms with Gasteiger partial charge >= 0.3 is 0 Å². The Kier molecular flexibility index (Phi) is 8.43. The molecule has 0 aliphatic rings. The summed E-state index contributed by atoms with van der Waals surface area (Å²) in [7, 11) is -2.10. The van der Waals surface area contributed by atoms with Crippen molar-refractivity contribution in [2.24, 2.45) is 0 Å². The van der Waals surface area contributed by atoms with E-state index in [-0.39, 0.29) is 36.6 Å². The zero-order valence-corrected chi connectivity index (χ0v) is 18.0. The first-order valence-electron chi connectivity index (χ1n) is 8.58. The average Bonchev–Trinajstić information content (AvgIpc) is 2.67. The highest BCUT2D eigenvalue weighted by molar-refractivity contribution is 9.10. The largest absolute Gasteiger partial charge is 0.484 e. The molecule has 152 valence electrons. The summed E-state index contributed by atoms with van der Waals surface area (Å²) in [4.78, 5) is 12.2. The lowest BCUT2D eigenvalue weighted by molar-refractivity contribution is -0.123. The molecule has 1 atom stereocenters. The summed E-state index contributed by atoms with van der Waals surface area (Å²) in [6.07, 6.45) is 0. The van der Waals surface area contributed by atoms with E-state index < -0.39 is 10.0 Å². The molecule has 7 nitrogen and oxygen atoms in total. The summed E-state index contributed by atoms with van der Waals surface area (Å²) in [6, 6.07) is 13.4. The summed E-state index contributed by atoms with van der Waals surface area (Å²) >= 11 is 3.40. The number of rotatable bonds is 10. The molecule has 0 spiro atoms. The highest BCUT2D eigenvalue weighted by Crippen LogP contribution is 2.18. The molecule has 2 aromatic carbocycles. The van der Waals surface area contributed by atoms with Gasteiger partial charge in [-0.2, -0.15) is 0 Å². The molecule has 0 saturated heterocycles. The van der Waals surface area contributed by atoms with Crippen molar-refractivity contribution in [2.75, 3.05) is 26.9 Å². The molecule has 0 radical (unpaired) electrons. The summed E-state index contributed by atoms with van der Waals surface area (Å²) in [5.41, 5.74) is 0.971. The molecule has 1 amide bonds. The van der Waals surface area contributed by atoms with E-state index in [4.69, 9.17) is 9.47 Å². The van der Waals surface area contributed by atoms with Gasteiger partial charge in [-0.05, 0) is 48.9 Å². The van der Waals surface area contributed by atoms with Crippen LogP contribution in [0.25, 0.3) is 0 Å². The van der Waals surface area contributed by atoms with E-state index in [9.17, 15) is 13.2 Å². The van der Waals surface area contributed by atoms with E-state index >= 15 is 0 Å². The number of sulfonamides is 1. The molecular formula is C19H23BrN2O5S. The lowest BCUT2D eigenvalue weighted by Crippen LogP contribution is -2.31. The number of hydrogen-bond acceptors (Lipinski definition) is 5. The molecule has 0 fully saturated rings. The molecule has 2 aromatic rings. The van der Waals surface area contributed by atoms with Crippen molar-refractivity contribution in [3.63, 3.8) is 0 Å². The molecule has 0 aliphatic heterocycles. The molecule has 0 saturated carbocycles. The number of halogens is 1. The normalized spacial score (nSPS) is 12.4. The Morgan fingerprint density at radius 2 is 1.89 bits per heavy atom. The van der Waals surface area contributed by atoms with E-state index in [1.165, 1.54) is 31.4 Å². The van der Waals surface area contributed by atoms with Crippen LogP contribution in [0, 0.1) is 0 Å². The van der Waals surface area contributed by atoms with Gasteiger partial charge in [-0.1, -0.05) is 28.1 Å². The Hall–Kier alpha value is -1.94. The van der Waals surface area contributed by atoms with Crippen LogP contribution in [-0.2, 0) is 19.6 Å². The van der Waals surface area contributed by atoms with Crippen LogP contribution in [0.2, 0.25) is 0 Å². The zero-order chi connectivity index (χ0) is 20.6. The maximum atomic E-state index is 12.1. The number of methoxy groups -OCH3 is 1. The molecule has 0 bridgehead atoms. The van der Waals surface area contributed by atoms with Crippen LogP contribution in [0.3, 0.4) is 0 Å². The van der Waals surface area contributed by atoms with Gasteiger partial charge in [-0.25, -0.2) is 13.1 Å². The number of benzene rings is 2. The van der Waals surface area contributed by atoms with Gasteiger partial charge in [0.2, 0.25) is 10.0 Å². The van der Waals surface area contributed by atoms with Gasteiger partial charge in [0.05, 0.1) is 17.5 Å². The molecule has 28 heavy (non-hydrogen) atoms. The molecule has 0 heterocycles. The molecule has 2 rings (SSSR count). The second-order valence-corrected chi connectivity index (χ2v) is 8.68. The van der Waals surface area contributed by atoms with Crippen molar-refractivity contribution in [3.8, 4) is 5.75 Å². The average molecular weight is 471 g/mol. The predicted molar refractivity (Wildman–Crippen MR) is 110 cm³/mol. The predicted octanol–water partition coefficient (Wildman–Crippen LogP) is 2.63. The summed E-state index contributed by atoms with van der Waals surface area (Å²) in [5.74, 6) is 0.131. The zero-order valence-electron chi connectivity index (χ0n) is 15.6. The summed E-state index contributed by atoms with van der Waals surface area (Å²) in [6.45, 7) is 2.19. The molecule has 9 heteroatoms. The van der Waals surface area contributed by atoms with Crippen molar-refractivity contribution in [2.45, 2.75) is 17.9 Å². The molecule has 1 unspecified atom stereocenters. The fraction of sp³-hybridized carbons (Fsp3) is 0.316. The molecule has 0 aromatic heterocycles. The van der Waals surface area contributed by atoms with E-state index in [1.807, 2.05) is 31.2 Å². The standard InChI is InChI=1S/C19H23BrN2O5S/c1-14(15-4-3-5-16(20)12-15)22-19(23)13-27-17-6-8-18(9-7-17)28(24,25)21-10-11-26-2/h3-9,12,14,21H,10-11,13H2,1-2H3,(H,22,23). The smallest absolute Gasteiger partial charge is 0.258 e. The second kappa shape index (κ2) is 10.6. The second-order valence-electron chi connectivity index (χ2n) is 5.99. The Balaban J connectivity index is 1.86. The van der Waals surface area contributed by atoms with Gasteiger partial charge in [0, 0.05) is 18.1 Å². The van der Waals surface area contributed by atoms with Crippen molar-refractivity contribution < 1.29 is 22.7 Å². The van der Waals surface area contributed by atoms with E-state index in [0.717, 1.165) is 10.0 Å². The van der Waals surface area contributed by atoms with E-state index in [2.05, 4.69) is 26.0 Å². The number of carbonyl (C=O) groups excluding carboxylic acids is 1. The van der Waals surface area contributed by atoms with Gasteiger partial charge in [-0.3, -0.25) is 4.79 Å². The fourth-order valence-corrected chi connectivity index (χ4v) is 3.80. The van der Waals surface area contributed by atoms with Gasteiger partial charge in [0.15, 0.2) is 6.61 Å². The van der Waals surface area contributed by atoms with Crippen LogP contribution in [0.1, 0.15) is 18.5 Å². The van der Waals surface area contributed by atoms with Gasteiger partial charge in [0.1, 0.15) is 5.75 Å². The van der Waals surface area contributed by atoms with E-state index in [1.54, 1.807) is 0 Å². The Morgan fingerprint density at radius 3 is 2.54 bits per heavy atom. The lowest BCUT2D eigenvalue weighted by Gasteiger charge is -2.15. The SMILES string of the molecule is COCCNS(=O)(=O)c1ccc(OCC(=O)NC(C)c2cccc(Br)c2)cc1. The van der Waals surface area contributed by atoms with Crippen LogP contribution in [0.5, 0.6) is 5.75 Å². The third-order valence-corrected chi connectivity index (χ3v) is 5.80. The third kappa shape index (κ3) is 6.90. The maximum Gasteiger partial charge on any atom is 0.258 e. The van der Waals surface area contributed by atoms with Crippen molar-refractivity contribution in [3.05, 3.63) is 58.6 Å². The summed E-state index contributed by atoms with van der Waals surface area (Å²) in [5, 5.41) is 2.86. The monoisotopic (exact) mass is 470 g/mol. The summed E-state index contributed by atoms with van der Waals surface area (Å²) < 4.78 is 37.8. The first kappa shape index (κ1) is 22.4. The minimum absolute atomic E-state index is 0.115. The van der Waals surface area contributed by atoms with Gasteiger partial charge < -0.3 is 14.8 Å². The van der Waals surface area contributed by atoms with Crippen LogP contribution < -0.4 is 14.8 Å². The first-order chi connectivity index (χ1) is 13.3. The molecule has 2 N–H and O–H groups in total. The number of carbonyl (C=O) groups is 1. The quantitative estimate of drug-likeness (QED) is 0.520. The van der Waals surface area contributed by atoms with Gasteiger partial charge in [-0.15, -0.1) is 0 Å². The Labute approximate surface area is 173 Å². The number of nitrogens with one attached hydrogen (secondary N) is 2. The van der Waals surface area contributed by atoms with Crippen molar-refractivity contribution in [1.82, 2.24) is 10.0 Å². The van der Waals surface area contributed by atoms with Crippen LogP contribution >= 0.6 is 15.9 Å². The number of hydrogen-bond donors (Lipinski definition) is 2. The fourth-order valence-electron chi connectivity index (χ4n) is 2.37. The minimum Gasteiger partial charge on any atom is -0.484 e. The topological polar surface area (TPSA) is 93.7 Å². The highest BCUT2D eigenvalue weighted by Gasteiger charge is 2.14. The van der Waals surface area contributed by atoms with Crippen molar-refractivity contribution in [1.29, 1.82) is 0 Å². The third-order valence-electron chi connectivity index (χ3n) is 3.83. The van der Waals surface area contributed by atoms with Gasteiger partial charge in [0.25, 0.3) is 5.91 Å². The minimum atomic E-state index is -3.60. The lowest BCUT2D eigenvalue weighted by atomic mass is 10.1. The number of ether oxygens (including phenoxy) is 2. The Morgan fingerprint density at radius 1 is 1.18 bits per heavy atom.